The Hall–Kier alpha value is -3.59. The third-order valence-corrected chi connectivity index (χ3v) is 4.44. The first-order valence-electron chi connectivity index (χ1n) is 9.39. The number of halogens is 1. The van der Waals surface area contributed by atoms with Gasteiger partial charge in [0, 0.05) is 18.1 Å². The van der Waals surface area contributed by atoms with Crippen LogP contribution in [0.15, 0.2) is 47.0 Å². The molecular weight excluding hydrogens is 424 g/mol. The fourth-order valence-corrected chi connectivity index (χ4v) is 2.82. The van der Waals surface area contributed by atoms with Gasteiger partial charge >= 0.3 is 11.8 Å². The highest BCUT2D eigenvalue weighted by Crippen LogP contribution is 2.30. The highest BCUT2D eigenvalue weighted by molar-refractivity contribution is 6.30. The summed E-state index contributed by atoms with van der Waals surface area (Å²) in [6, 6.07) is 12.4. The smallest absolute Gasteiger partial charge is 0.316 e. The van der Waals surface area contributed by atoms with Crippen LogP contribution in [0.3, 0.4) is 0 Å². The quantitative estimate of drug-likeness (QED) is 0.487. The van der Waals surface area contributed by atoms with Crippen molar-refractivity contribution in [3.63, 3.8) is 0 Å². The summed E-state index contributed by atoms with van der Waals surface area (Å²) in [5.41, 5.74) is 1.44. The lowest BCUT2D eigenvalue weighted by atomic mass is 10.2. The molecule has 0 unspecified atom stereocenters. The minimum atomic E-state index is -0.565. The van der Waals surface area contributed by atoms with Crippen LogP contribution in [-0.2, 0) is 4.79 Å². The van der Waals surface area contributed by atoms with E-state index in [4.69, 9.17) is 25.6 Å². The number of ether oxygens (including phenoxy) is 2. The molecule has 162 valence electrons. The van der Waals surface area contributed by atoms with Crippen molar-refractivity contribution in [1.82, 2.24) is 20.8 Å². The van der Waals surface area contributed by atoms with Gasteiger partial charge in [0.05, 0.1) is 12.7 Å². The summed E-state index contributed by atoms with van der Waals surface area (Å²) < 4.78 is 15.7. The maximum absolute atomic E-state index is 12.2. The van der Waals surface area contributed by atoms with Gasteiger partial charge < -0.3 is 24.6 Å². The number of hydrogen-bond acceptors (Lipinski definition) is 7. The molecule has 2 amide bonds. The lowest BCUT2D eigenvalue weighted by molar-refractivity contribution is -0.123. The average Bonchev–Trinajstić information content (AvgIpc) is 3.26. The molecule has 1 aromatic heterocycles. The SMILES string of the molecule is COc1ccc(Cl)cc1-c1noc(C(=O)NCCNC(=O)COc2ccccc2C)n1. The normalized spacial score (nSPS) is 10.4. The van der Waals surface area contributed by atoms with Crippen LogP contribution in [0.5, 0.6) is 11.5 Å². The van der Waals surface area contributed by atoms with Gasteiger partial charge in [-0.1, -0.05) is 35.0 Å². The number of aryl methyl sites for hydroxylation is 1. The zero-order chi connectivity index (χ0) is 22.2. The van der Waals surface area contributed by atoms with E-state index in [0.717, 1.165) is 5.56 Å². The molecule has 31 heavy (non-hydrogen) atoms. The van der Waals surface area contributed by atoms with Crippen LogP contribution < -0.4 is 20.1 Å². The molecule has 0 saturated heterocycles. The van der Waals surface area contributed by atoms with Crippen LogP contribution in [0, 0.1) is 6.92 Å². The lowest BCUT2D eigenvalue weighted by Gasteiger charge is -2.09. The molecule has 2 aromatic carbocycles. The molecule has 3 rings (SSSR count). The Morgan fingerprint density at radius 1 is 1.10 bits per heavy atom. The minimum absolute atomic E-state index is 0.118. The Balaban J connectivity index is 1.45. The van der Waals surface area contributed by atoms with Crippen LogP contribution in [-0.4, -0.2) is 48.8 Å². The summed E-state index contributed by atoms with van der Waals surface area (Å²) in [6.45, 7) is 2.17. The molecule has 0 radical (unpaired) electrons. The maximum atomic E-state index is 12.2. The second-order valence-electron chi connectivity index (χ2n) is 6.43. The van der Waals surface area contributed by atoms with Crippen molar-refractivity contribution >= 4 is 23.4 Å². The molecule has 0 fully saturated rings. The predicted molar refractivity (Wildman–Crippen MR) is 113 cm³/mol. The van der Waals surface area contributed by atoms with Gasteiger partial charge in [-0.3, -0.25) is 9.59 Å². The van der Waals surface area contributed by atoms with E-state index >= 15 is 0 Å². The number of hydrogen-bond donors (Lipinski definition) is 2. The van der Waals surface area contributed by atoms with E-state index in [1.807, 2.05) is 25.1 Å². The van der Waals surface area contributed by atoms with Gasteiger partial charge in [-0.15, -0.1) is 0 Å². The van der Waals surface area contributed by atoms with E-state index in [1.54, 1.807) is 24.3 Å². The van der Waals surface area contributed by atoms with Crippen LogP contribution in [0.25, 0.3) is 11.4 Å². The van der Waals surface area contributed by atoms with E-state index in [-0.39, 0.29) is 37.3 Å². The molecule has 0 spiro atoms. The second-order valence-corrected chi connectivity index (χ2v) is 6.86. The molecule has 0 saturated carbocycles. The number of carbonyl (C=O) groups excluding carboxylic acids is 2. The highest BCUT2D eigenvalue weighted by atomic mass is 35.5. The van der Waals surface area contributed by atoms with Crippen LogP contribution in [0.1, 0.15) is 16.2 Å². The average molecular weight is 445 g/mol. The number of aromatic nitrogens is 2. The third-order valence-electron chi connectivity index (χ3n) is 4.21. The summed E-state index contributed by atoms with van der Waals surface area (Å²) >= 11 is 6.00. The van der Waals surface area contributed by atoms with E-state index in [2.05, 4.69) is 20.8 Å². The van der Waals surface area contributed by atoms with Crippen molar-refractivity contribution in [2.75, 3.05) is 26.8 Å². The van der Waals surface area contributed by atoms with Crippen molar-refractivity contribution < 1.29 is 23.6 Å². The molecular formula is C21H21ClN4O5. The second kappa shape index (κ2) is 10.4. The highest BCUT2D eigenvalue weighted by Gasteiger charge is 2.18. The number of nitrogens with zero attached hydrogens (tertiary/aromatic N) is 2. The molecule has 2 N–H and O–H groups in total. The molecule has 3 aromatic rings. The topological polar surface area (TPSA) is 116 Å². The van der Waals surface area contributed by atoms with E-state index in [0.29, 0.717) is 22.1 Å². The van der Waals surface area contributed by atoms with Gasteiger partial charge in [0.15, 0.2) is 6.61 Å². The van der Waals surface area contributed by atoms with Crippen LogP contribution >= 0.6 is 11.6 Å². The number of amides is 2. The molecule has 0 aliphatic rings. The van der Waals surface area contributed by atoms with Gasteiger partial charge in [0.1, 0.15) is 11.5 Å². The molecule has 0 aliphatic heterocycles. The molecule has 0 bridgehead atoms. The monoisotopic (exact) mass is 444 g/mol. The fraction of sp³-hybridized carbons (Fsp3) is 0.238. The van der Waals surface area contributed by atoms with Gasteiger partial charge in [0.25, 0.3) is 5.91 Å². The van der Waals surface area contributed by atoms with E-state index in [9.17, 15) is 9.59 Å². The summed E-state index contributed by atoms with van der Waals surface area (Å²) in [5.74, 6) is 0.232. The van der Waals surface area contributed by atoms with Crippen molar-refractivity contribution in [2.45, 2.75) is 6.92 Å². The lowest BCUT2D eigenvalue weighted by Crippen LogP contribution is -2.36. The summed E-state index contributed by atoms with van der Waals surface area (Å²) in [7, 11) is 1.50. The van der Waals surface area contributed by atoms with Crippen molar-refractivity contribution in [1.29, 1.82) is 0 Å². The van der Waals surface area contributed by atoms with Crippen molar-refractivity contribution in [3.8, 4) is 22.9 Å². The van der Waals surface area contributed by atoms with Crippen molar-refractivity contribution in [2.24, 2.45) is 0 Å². The predicted octanol–water partition coefficient (Wildman–Crippen LogP) is 2.63. The number of benzene rings is 2. The first-order chi connectivity index (χ1) is 15.0. The number of carbonyl (C=O) groups is 2. The zero-order valence-electron chi connectivity index (χ0n) is 17.0. The molecule has 0 aliphatic carbocycles. The largest absolute Gasteiger partial charge is 0.496 e. The van der Waals surface area contributed by atoms with Crippen LogP contribution in [0.4, 0.5) is 0 Å². The summed E-state index contributed by atoms with van der Waals surface area (Å²) in [5, 5.41) is 9.52. The molecule has 9 nitrogen and oxygen atoms in total. The number of methoxy groups -OCH3 is 1. The standard InChI is InChI=1S/C21H21ClN4O5/c1-13-5-3-4-6-16(13)30-12-18(27)23-9-10-24-20(28)21-25-19(26-31-21)15-11-14(22)7-8-17(15)29-2/h3-8,11H,9-10,12H2,1-2H3,(H,23,27)(H,24,28). The van der Waals surface area contributed by atoms with Gasteiger partial charge in [-0.2, -0.15) is 4.98 Å². The Labute approximate surface area is 183 Å². The minimum Gasteiger partial charge on any atom is -0.496 e. The molecule has 10 heteroatoms. The van der Waals surface area contributed by atoms with Gasteiger partial charge in [-0.05, 0) is 36.8 Å². The van der Waals surface area contributed by atoms with E-state index in [1.165, 1.54) is 7.11 Å². The first-order valence-corrected chi connectivity index (χ1v) is 9.76. The van der Waals surface area contributed by atoms with Crippen LogP contribution in [0.2, 0.25) is 5.02 Å². The Morgan fingerprint density at radius 3 is 2.65 bits per heavy atom. The molecule has 1 heterocycles. The zero-order valence-corrected chi connectivity index (χ0v) is 17.7. The maximum Gasteiger partial charge on any atom is 0.316 e. The summed E-state index contributed by atoms with van der Waals surface area (Å²) in [6.07, 6.45) is 0. The van der Waals surface area contributed by atoms with Crippen molar-refractivity contribution in [3.05, 3.63) is 58.9 Å². The Morgan fingerprint density at radius 2 is 1.87 bits per heavy atom. The molecule has 0 atom stereocenters. The van der Waals surface area contributed by atoms with Gasteiger partial charge in [-0.25, -0.2) is 0 Å². The number of nitrogens with one attached hydrogen (secondary N) is 2. The number of rotatable bonds is 9. The van der Waals surface area contributed by atoms with Gasteiger partial charge in [0.2, 0.25) is 5.82 Å². The Kier molecular flexibility index (Phi) is 7.45. The first kappa shape index (κ1) is 22.1. The third kappa shape index (κ3) is 5.95. The number of para-hydroxylation sites is 1. The summed E-state index contributed by atoms with van der Waals surface area (Å²) in [4.78, 5) is 28.2. The fourth-order valence-electron chi connectivity index (χ4n) is 2.65. The Bertz CT molecular complexity index is 1070. The van der Waals surface area contributed by atoms with E-state index < -0.39 is 5.91 Å².